The first-order valence-electron chi connectivity index (χ1n) is 12.7. The van der Waals surface area contributed by atoms with Crippen molar-refractivity contribution in [3.8, 4) is 0 Å². The van der Waals surface area contributed by atoms with Crippen LogP contribution in [0.2, 0.25) is 0 Å². The van der Waals surface area contributed by atoms with Crippen molar-refractivity contribution < 1.29 is 23.5 Å². The molecule has 1 aliphatic rings. The van der Waals surface area contributed by atoms with Crippen LogP contribution >= 0.6 is 0 Å². The summed E-state index contributed by atoms with van der Waals surface area (Å²) in [5.41, 5.74) is 2.94. The van der Waals surface area contributed by atoms with Crippen LogP contribution in [-0.2, 0) is 16.0 Å². The first kappa shape index (κ1) is 27.1. The van der Waals surface area contributed by atoms with Crippen LogP contribution in [0.25, 0.3) is 0 Å². The molecule has 1 unspecified atom stereocenters. The standard InChI is InChI=1S/C30H31F2N3O3/c1-3-4-14-26(36)24(17-19-15-21(31)18-22(32)16-19)29(37)34-28-30(38)35(2)25-13-9-8-12-23(25)27(33-28)20-10-6-5-7-11-20/h5-13,15-16,18,24,26,28,36H,3-4,14,17H2,1-2H3,(H,34,37)/t24-,26+,28?/m1/s1. The van der Waals surface area contributed by atoms with Crippen molar-refractivity contribution in [2.24, 2.45) is 10.9 Å². The smallest absolute Gasteiger partial charge is 0.272 e. The van der Waals surface area contributed by atoms with E-state index in [1.54, 1.807) is 7.05 Å². The van der Waals surface area contributed by atoms with Crippen LogP contribution in [-0.4, -0.2) is 41.9 Å². The zero-order valence-electron chi connectivity index (χ0n) is 21.4. The number of aliphatic hydroxyl groups is 1. The van der Waals surface area contributed by atoms with E-state index in [9.17, 15) is 23.5 Å². The molecule has 0 fully saturated rings. The minimum absolute atomic E-state index is 0.0996. The lowest BCUT2D eigenvalue weighted by molar-refractivity contribution is -0.132. The third-order valence-electron chi connectivity index (χ3n) is 6.70. The molecule has 0 saturated carbocycles. The maximum Gasteiger partial charge on any atom is 0.272 e. The SMILES string of the molecule is CCCC[C@H](O)[C@@H](Cc1cc(F)cc(F)c1)C(=O)NC1N=C(c2ccccc2)c2ccccc2N(C)C1=O. The van der Waals surface area contributed by atoms with Gasteiger partial charge in [-0.3, -0.25) is 9.59 Å². The molecule has 4 rings (SSSR count). The predicted molar refractivity (Wildman–Crippen MR) is 143 cm³/mol. The molecule has 6 nitrogen and oxygen atoms in total. The van der Waals surface area contributed by atoms with Crippen LogP contribution in [0.3, 0.4) is 0 Å². The lowest BCUT2D eigenvalue weighted by atomic mass is 9.90. The number of para-hydroxylation sites is 1. The molecule has 8 heteroatoms. The normalized spacial score (nSPS) is 16.8. The van der Waals surface area contributed by atoms with Gasteiger partial charge in [0.15, 0.2) is 0 Å². The molecule has 38 heavy (non-hydrogen) atoms. The first-order valence-corrected chi connectivity index (χ1v) is 12.7. The highest BCUT2D eigenvalue weighted by atomic mass is 19.1. The molecule has 198 valence electrons. The molecule has 0 spiro atoms. The molecular formula is C30H31F2N3O3. The number of amides is 2. The fourth-order valence-corrected chi connectivity index (χ4v) is 4.68. The maximum atomic E-state index is 13.9. The first-order chi connectivity index (χ1) is 18.3. The Morgan fingerprint density at radius 1 is 1.05 bits per heavy atom. The van der Waals surface area contributed by atoms with E-state index in [4.69, 9.17) is 0 Å². The number of fused-ring (bicyclic) bond motifs is 1. The predicted octanol–water partition coefficient (Wildman–Crippen LogP) is 4.63. The largest absolute Gasteiger partial charge is 0.392 e. The minimum atomic E-state index is -1.26. The molecule has 0 aromatic heterocycles. The number of benzodiazepines with no additional fused rings is 1. The van der Waals surface area contributed by atoms with Gasteiger partial charge in [0, 0.05) is 24.2 Å². The summed E-state index contributed by atoms with van der Waals surface area (Å²) >= 11 is 0. The molecule has 0 bridgehead atoms. The summed E-state index contributed by atoms with van der Waals surface area (Å²) in [4.78, 5) is 33.2. The van der Waals surface area contributed by atoms with Gasteiger partial charge in [-0.15, -0.1) is 0 Å². The number of aliphatic imine (C=N–C) groups is 1. The van der Waals surface area contributed by atoms with E-state index in [2.05, 4.69) is 10.3 Å². The number of likely N-dealkylation sites (N-methyl/N-ethyl adjacent to an activating group) is 1. The Kier molecular flexibility index (Phi) is 8.63. The fraction of sp³-hybridized carbons (Fsp3) is 0.300. The van der Waals surface area contributed by atoms with E-state index < -0.39 is 41.6 Å². The van der Waals surface area contributed by atoms with E-state index in [1.807, 2.05) is 61.5 Å². The van der Waals surface area contributed by atoms with Crippen LogP contribution < -0.4 is 10.2 Å². The Labute approximate surface area is 221 Å². The molecule has 0 aliphatic carbocycles. The number of carbonyl (C=O) groups excluding carboxylic acids is 2. The summed E-state index contributed by atoms with van der Waals surface area (Å²) < 4.78 is 27.7. The highest BCUT2D eigenvalue weighted by Gasteiger charge is 2.34. The second-order valence-electron chi connectivity index (χ2n) is 9.47. The number of aliphatic hydroxyl groups excluding tert-OH is 1. The number of carbonyl (C=O) groups is 2. The van der Waals surface area contributed by atoms with Gasteiger partial charge < -0.3 is 15.3 Å². The number of hydrogen-bond acceptors (Lipinski definition) is 4. The van der Waals surface area contributed by atoms with E-state index in [0.717, 1.165) is 35.7 Å². The van der Waals surface area contributed by atoms with Gasteiger partial charge in [0.2, 0.25) is 12.1 Å². The van der Waals surface area contributed by atoms with E-state index in [1.165, 1.54) is 4.90 Å². The summed E-state index contributed by atoms with van der Waals surface area (Å²) in [6, 6.07) is 19.7. The summed E-state index contributed by atoms with van der Waals surface area (Å²) in [5, 5.41) is 13.6. The van der Waals surface area contributed by atoms with Crippen LogP contribution in [0.5, 0.6) is 0 Å². The van der Waals surface area contributed by atoms with Gasteiger partial charge in [-0.05, 0) is 36.6 Å². The Hall–Kier alpha value is -3.91. The molecule has 3 aromatic carbocycles. The molecule has 2 N–H and O–H groups in total. The molecule has 3 atom stereocenters. The van der Waals surface area contributed by atoms with E-state index in [-0.39, 0.29) is 12.0 Å². The minimum Gasteiger partial charge on any atom is -0.392 e. The van der Waals surface area contributed by atoms with Gasteiger partial charge in [-0.25, -0.2) is 13.8 Å². The molecule has 1 aliphatic heterocycles. The molecule has 0 saturated heterocycles. The van der Waals surface area contributed by atoms with Crippen LogP contribution in [0.1, 0.15) is 42.9 Å². The summed E-state index contributed by atoms with van der Waals surface area (Å²) in [6.07, 6.45) is -0.643. The Morgan fingerprint density at radius 3 is 2.39 bits per heavy atom. The van der Waals surface area contributed by atoms with Crippen molar-refractivity contribution in [3.63, 3.8) is 0 Å². The van der Waals surface area contributed by atoms with Crippen molar-refractivity contribution in [2.45, 2.75) is 44.9 Å². The van der Waals surface area contributed by atoms with Gasteiger partial charge in [-0.2, -0.15) is 0 Å². The lowest BCUT2D eigenvalue weighted by Gasteiger charge is -2.25. The van der Waals surface area contributed by atoms with Crippen molar-refractivity contribution in [1.82, 2.24) is 5.32 Å². The number of anilines is 1. The Balaban J connectivity index is 1.69. The Morgan fingerprint density at radius 2 is 1.71 bits per heavy atom. The number of rotatable bonds is 9. The third-order valence-corrected chi connectivity index (χ3v) is 6.70. The van der Waals surface area contributed by atoms with Gasteiger partial charge in [0.25, 0.3) is 5.91 Å². The van der Waals surface area contributed by atoms with Crippen LogP contribution in [0, 0.1) is 17.6 Å². The summed E-state index contributed by atoms with van der Waals surface area (Å²) in [5.74, 6) is -3.64. The van der Waals surface area contributed by atoms with Crippen molar-refractivity contribution in [2.75, 3.05) is 11.9 Å². The zero-order chi connectivity index (χ0) is 27.2. The second kappa shape index (κ2) is 12.1. The second-order valence-corrected chi connectivity index (χ2v) is 9.47. The summed E-state index contributed by atoms with van der Waals surface area (Å²) in [6.45, 7) is 1.96. The third kappa shape index (κ3) is 6.14. The molecule has 3 aromatic rings. The molecule has 0 radical (unpaired) electrons. The topological polar surface area (TPSA) is 82.0 Å². The maximum absolute atomic E-state index is 13.9. The number of benzene rings is 3. The van der Waals surface area contributed by atoms with Crippen LogP contribution in [0.4, 0.5) is 14.5 Å². The number of nitrogens with one attached hydrogen (secondary N) is 1. The molecule has 1 heterocycles. The number of unbranched alkanes of at least 4 members (excludes halogenated alkanes) is 1. The highest BCUT2D eigenvalue weighted by Crippen LogP contribution is 2.27. The lowest BCUT2D eigenvalue weighted by Crippen LogP contribution is -2.50. The Bertz CT molecular complexity index is 1310. The zero-order valence-corrected chi connectivity index (χ0v) is 21.4. The van der Waals surface area contributed by atoms with E-state index in [0.29, 0.717) is 24.2 Å². The van der Waals surface area contributed by atoms with Crippen LogP contribution in [0.15, 0.2) is 77.8 Å². The molecule has 2 amide bonds. The van der Waals surface area contributed by atoms with Crippen molar-refractivity contribution in [1.29, 1.82) is 0 Å². The number of hydrogen-bond donors (Lipinski definition) is 2. The number of halogens is 2. The molecular weight excluding hydrogens is 488 g/mol. The monoisotopic (exact) mass is 519 g/mol. The van der Waals surface area contributed by atoms with Gasteiger partial charge in [0.05, 0.1) is 23.4 Å². The van der Waals surface area contributed by atoms with Gasteiger partial charge >= 0.3 is 0 Å². The van der Waals surface area contributed by atoms with Gasteiger partial charge in [0.1, 0.15) is 11.6 Å². The summed E-state index contributed by atoms with van der Waals surface area (Å²) in [7, 11) is 1.62. The average Bonchev–Trinajstić information content (AvgIpc) is 3.01. The van der Waals surface area contributed by atoms with E-state index >= 15 is 0 Å². The van der Waals surface area contributed by atoms with Gasteiger partial charge in [-0.1, -0.05) is 68.3 Å². The average molecular weight is 520 g/mol. The highest BCUT2D eigenvalue weighted by molar-refractivity contribution is 6.20. The van der Waals surface area contributed by atoms with Crippen molar-refractivity contribution in [3.05, 3.63) is 101 Å². The number of nitrogens with zero attached hydrogens (tertiary/aromatic N) is 2. The fourth-order valence-electron chi connectivity index (χ4n) is 4.68. The quantitative estimate of drug-likeness (QED) is 0.433. The van der Waals surface area contributed by atoms with Crippen molar-refractivity contribution >= 4 is 23.2 Å².